The minimum Gasteiger partial charge on any atom is -0.369 e. The maximum Gasteiger partial charge on any atom is 0.225 e. The Morgan fingerprint density at radius 2 is 1.71 bits per heavy atom. The molecule has 2 aromatic rings. The third-order valence-electron chi connectivity index (χ3n) is 5.24. The van der Waals surface area contributed by atoms with Gasteiger partial charge < -0.3 is 10.2 Å². The summed E-state index contributed by atoms with van der Waals surface area (Å²) in [4.78, 5) is 17.0. The number of benzene rings is 2. The average Bonchev–Trinajstić information content (AvgIpc) is 2.66. The number of nitrogens with zero attached hydrogens (tertiary/aromatic N) is 2. The highest BCUT2D eigenvalue weighted by Gasteiger charge is 2.18. The van der Waals surface area contributed by atoms with Gasteiger partial charge in [-0.1, -0.05) is 50.6 Å². The van der Waals surface area contributed by atoms with Gasteiger partial charge in [0.05, 0.1) is 0 Å². The Kier molecular flexibility index (Phi) is 6.63. The van der Waals surface area contributed by atoms with Gasteiger partial charge in [-0.05, 0) is 41.3 Å². The molecule has 1 amide bonds. The average molecular weight is 400 g/mol. The number of amides is 1. The van der Waals surface area contributed by atoms with Gasteiger partial charge in [0.15, 0.2) is 0 Å². The van der Waals surface area contributed by atoms with Crippen LogP contribution in [0, 0.1) is 0 Å². The lowest BCUT2D eigenvalue weighted by atomic mass is 9.87. The molecule has 2 aromatic carbocycles. The van der Waals surface area contributed by atoms with Crippen LogP contribution in [-0.4, -0.2) is 43.5 Å². The molecule has 1 heterocycles. The second-order valence-corrected chi connectivity index (χ2v) is 8.87. The van der Waals surface area contributed by atoms with Crippen LogP contribution in [-0.2, 0) is 10.2 Å². The number of hydrogen-bond acceptors (Lipinski definition) is 3. The molecule has 0 atom stereocenters. The van der Waals surface area contributed by atoms with Gasteiger partial charge >= 0.3 is 0 Å². The summed E-state index contributed by atoms with van der Waals surface area (Å²) in [5.41, 5.74) is 3.42. The summed E-state index contributed by atoms with van der Waals surface area (Å²) in [5, 5.41) is 3.78. The van der Waals surface area contributed by atoms with E-state index in [1.807, 2.05) is 30.3 Å². The first-order chi connectivity index (χ1) is 13.3. The molecule has 0 aromatic heterocycles. The molecular weight excluding hydrogens is 370 g/mol. The summed E-state index contributed by atoms with van der Waals surface area (Å²) in [5.74, 6) is 0.0702. The summed E-state index contributed by atoms with van der Waals surface area (Å²) in [7, 11) is 0. The first-order valence-corrected chi connectivity index (χ1v) is 10.3. The van der Waals surface area contributed by atoms with Gasteiger partial charge in [-0.2, -0.15) is 0 Å². The van der Waals surface area contributed by atoms with E-state index in [4.69, 9.17) is 11.6 Å². The second-order valence-electron chi connectivity index (χ2n) is 8.43. The number of hydrogen-bond donors (Lipinski definition) is 1. The van der Waals surface area contributed by atoms with Crippen molar-refractivity contribution < 1.29 is 4.79 Å². The highest BCUT2D eigenvalue weighted by Crippen LogP contribution is 2.24. The van der Waals surface area contributed by atoms with Crippen molar-refractivity contribution >= 4 is 28.9 Å². The molecule has 0 bridgehead atoms. The van der Waals surface area contributed by atoms with E-state index in [9.17, 15) is 4.79 Å². The fourth-order valence-corrected chi connectivity index (χ4v) is 3.62. The number of carbonyl (C=O) groups excluding carboxylic acids is 1. The van der Waals surface area contributed by atoms with E-state index in [1.165, 1.54) is 11.3 Å². The van der Waals surface area contributed by atoms with Crippen LogP contribution in [0.1, 0.15) is 32.8 Å². The summed E-state index contributed by atoms with van der Waals surface area (Å²) >= 11 is 6.09. The monoisotopic (exact) mass is 399 g/mol. The van der Waals surface area contributed by atoms with E-state index >= 15 is 0 Å². The zero-order valence-corrected chi connectivity index (χ0v) is 17.8. The van der Waals surface area contributed by atoms with Crippen LogP contribution in [0.25, 0.3) is 0 Å². The van der Waals surface area contributed by atoms with E-state index in [2.05, 4.69) is 54.1 Å². The Morgan fingerprint density at radius 1 is 1.04 bits per heavy atom. The van der Waals surface area contributed by atoms with Gasteiger partial charge in [-0.15, -0.1) is 0 Å². The molecule has 0 radical (unpaired) electrons. The van der Waals surface area contributed by atoms with Crippen molar-refractivity contribution in [2.24, 2.45) is 0 Å². The van der Waals surface area contributed by atoms with Gasteiger partial charge in [-0.25, -0.2) is 0 Å². The summed E-state index contributed by atoms with van der Waals surface area (Å²) in [6, 6.07) is 16.1. The quantitative estimate of drug-likeness (QED) is 0.785. The largest absolute Gasteiger partial charge is 0.369 e. The molecule has 4 nitrogen and oxygen atoms in total. The lowest BCUT2D eigenvalue weighted by Gasteiger charge is -2.36. The number of carbonyl (C=O) groups is 1. The van der Waals surface area contributed by atoms with Crippen LogP contribution >= 0.6 is 11.6 Å². The van der Waals surface area contributed by atoms with Crippen molar-refractivity contribution in [1.29, 1.82) is 0 Å². The smallest absolute Gasteiger partial charge is 0.225 e. The van der Waals surface area contributed by atoms with Gasteiger partial charge in [0.25, 0.3) is 0 Å². The first kappa shape index (κ1) is 20.7. The van der Waals surface area contributed by atoms with Crippen molar-refractivity contribution in [3.8, 4) is 0 Å². The maximum absolute atomic E-state index is 12.3. The molecule has 1 saturated heterocycles. The molecule has 1 fully saturated rings. The minimum absolute atomic E-state index is 0.0702. The molecule has 28 heavy (non-hydrogen) atoms. The first-order valence-electron chi connectivity index (χ1n) is 9.94. The summed E-state index contributed by atoms with van der Waals surface area (Å²) in [6.07, 6.45) is 0.512. The summed E-state index contributed by atoms with van der Waals surface area (Å²) in [6.45, 7) is 11.2. The van der Waals surface area contributed by atoms with Gasteiger partial charge in [0.2, 0.25) is 5.91 Å². The normalized spacial score (nSPS) is 15.5. The van der Waals surface area contributed by atoms with Crippen LogP contribution in [0.5, 0.6) is 0 Å². The molecular formula is C23H30ClN3O. The van der Waals surface area contributed by atoms with E-state index in [0.29, 0.717) is 6.42 Å². The van der Waals surface area contributed by atoms with Crippen molar-refractivity contribution in [1.82, 2.24) is 4.90 Å². The lowest BCUT2D eigenvalue weighted by Crippen LogP contribution is -2.47. The number of nitrogens with one attached hydrogen (secondary N) is 1. The van der Waals surface area contributed by atoms with Crippen LogP contribution in [0.3, 0.4) is 0 Å². The number of halogens is 1. The van der Waals surface area contributed by atoms with E-state index in [-0.39, 0.29) is 11.3 Å². The predicted octanol–water partition coefficient (Wildman–Crippen LogP) is 4.79. The minimum atomic E-state index is 0.0702. The van der Waals surface area contributed by atoms with Crippen molar-refractivity contribution in [3.05, 3.63) is 59.1 Å². The lowest BCUT2D eigenvalue weighted by molar-refractivity contribution is -0.116. The van der Waals surface area contributed by atoms with Crippen molar-refractivity contribution in [3.63, 3.8) is 0 Å². The number of piperazine rings is 1. The van der Waals surface area contributed by atoms with E-state index in [0.717, 1.165) is 43.4 Å². The highest BCUT2D eigenvalue weighted by atomic mass is 35.5. The molecule has 3 rings (SSSR count). The van der Waals surface area contributed by atoms with Crippen LogP contribution in [0.15, 0.2) is 48.5 Å². The van der Waals surface area contributed by atoms with Gasteiger partial charge in [0.1, 0.15) is 0 Å². The van der Waals surface area contributed by atoms with Crippen molar-refractivity contribution in [2.75, 3.05) is 42.9 Å². The Hall–Kier alpha value is -2.04. The van der Waals surface area contributed by atoms with Crippen LogP contribution < -0.4 is 10.2 Å². The Morgan fingerprint density at radius 3 is 2.32 bits per heavy atom. The van der Waals surface area contributed by atoms with E-state index < -0.39 is 0 Å². The Labute approximate surface area is 173 Å². The molecule has 0 aliphatic carbocycles. The third-order valence-corrected chi connectivity index (χ3v) is 5.47. The Balaban J connectivity index is 1.42. The number of rotatable bonds is 5. The second kappa shape index (κ2) is 8.97. The van der Waals surface area contributed by atoms with Crippen LogP contribution in [0.4, 0.5) is 11.4 Å². The standard InChI is InChI=1S/C23H30ClN3O/c1-23(2,3)18-7-9-20(10-8-18)25-22(28)11-12-26-13-15-27(16-14-26)21-6-4-5-19(24)17-21/h4-10,17H,11-16H2,1-3H3,(H,25,28). The highest BCUT2D eigenvalue weighted by molar-refractivity contribution is 6.30. The van der Waals surface area contributed by atoms with Gasteiger partial charge in [-0.3, -0.25) is 9.69 Å². The molecule has 1 aliphatic rings. The number of anilines is 2. The fourth-order valence-electron chi connectivity index (χ4n) is 3.44. The zero-order valence-electron chi connectivity index (χ0n) is 17.0. The topological polar surface area (TPSA) is 35.6 Å². The molecule has 5 heteroatoms. The third kappa shape index (κ3) is 5.73. The predicted molar refractivity (Wildman–Crippen MR) is 118 cm³/mol. The summed E-state index contributed by atoms with van der Waals surface area (Å²) < 4.78 is 0. The van der Waals surface area contributed by atoms with Crippen molar-refractivity contribution in [2.45, 2.75) is 32.6 Å². The molecule has 0 unspecified atom stereocenters. The van der Waals surface area contributed by atoms with Crippen LogP contribution in [0.2, 0.25) is 5.02 Å². The van der Waals surface area contributed by atoms with Gasteiger partial charge in [0, 0.05) is 55.5 Å². The SMILES string of the molecule is CC(C)(C)c1ccc(NC(=O)CCN2CCN(c3cccc(Cl)c3)CC2)cc1. The molecule has 1 aliphatic heterocycles. The molecule has 150 valence electrons. The Bertz CT molecular complexity index is 790. The molecule has 1 N–H and O–H groups in total. The van der Waals surface area contributed by atoms with E-state index in [1.54, 1.807) is 0 Å². The fraction of sp³-hybridized carbons (Fsp3) is 0.435. The maximum atomic E-state index is 12.3. The zero-order chi connectivity index (χ0) is 20.1. The molecule has 0 saturated carbocycles. The molecule has 0 spiro atoms.